The van der Waals surface area contributed by atoms with Gasteiger partial charge in [-0.05, 0) is 42.0 Å². The number of rotatable bonds is 9. The Morgan fingerprint density at radius 2 is 1.75 bits per heavy atom. The summed E-state index contributed by atoms with van der Waals surface area (Å²) >= 11 is 0. The first-order valence-corrected chi connectivity index (χ1v) is 11.4. The van der Waals surface area contributed by atoms with Gasteiger partial charge in [-0.3, -0.25) is 14.4 Å². The zero-order valence-corrected chi connectivity index (χ0v) is 20.1. The Labute approximate surface area is 209 Å². The normalized spacial score (nSPS) is 11.5. The molecule has 0 saturated carbocycles. The van der Waals surface area contributed by atoms with Gasteiger partial charge >= 0.3 is 0 Å². The maximum absolute atomic E-state index is 12.9. The molecule has 9 heteroatoms. The number of benzene rings is 3. The van der Waals surface area contributed by atoms with Gasteiger partial charge in [0.25, 0.3) is 5.91 Å². The maximum Gasteiger partial charge on any atom is 0.257 e. The van der Waals surface area contributed by atoms with Crippen LogP contribution in [0.4, 0.5) is 11.4 Å². The third-order valence-corrected chi connectivity index (χ3v) is 5.70. The Morgan fingerprint density at radius 1 is 0.944 bits per heavy atom. The number of amides is 3. The minimum Gasteiger partial charge on any atom is -0.497 e. The van der Waals surface area contributed by atoms with Crippen molar-refractivity contribution in [2.24, 2.45) is 0 Å². The van der Waals surface area contributed by atoms with Gasteiger partial charge in [-0.1, -0.05) is 24.3 Å². The highest BCUT2D eigenvalue weighted by Gasteiger charge is 2.20. The van der Waals surface area contributed by atoms with E-state index in [0.29, 0.717) is 40.7 Å². The first-order valence-electron chi connectivity index (χ1n) is 11.4. The van der Waals surface area contributed by atoms with Gasteiger partial charge in [0, 0.05) is 38.2 Å². The van der Waals surface area contributed by atoms with Crippen LogP contribution in [0.15, 0.2) is 66.7 Å². The van der Waals surface area contributed by atoms with E-state index in [1.165, 1.54) is 4.90 Å². The lowest BCUT2D eigenvalue weighted by atomic mass is 10.1. The summed E-state index contributed by atoms with van der Waals surface area (Å²) in [6.07, 6.45) is 0.0151. The predicted octanol–water partition coefficient (Wildman–Crippen LogP) is 3.74. The van der Waals surface area contributed by atoms with Crippen LogP contribution in [0.5, 0.6) is 17.2 Å². The van der Waals surface area contributed by atoms with Crippen LogP contribution >= 0.6 is 0 Å². The van der Waals surface area contributed by atoms with E-state index in [-0.39, 0.29) is 37.4 Å². The van der Waals surface area contributed by atoms with E-state index in [4.69, 9.17) is 14.2 Å². The molecular weight excluding hydrogens is 462 g/mol. The van der Waals surface area contributed by atoms with Crippen molar-refractivity contribution in [3.63, 3.8) is 0 Å². The van der Waals surface area contributed by atoms with Crippen LogP contribution in [0.2, 0.25) is 0 Å². The Kier molecular flexibility index (Phi) is 7.69. The summed E-state index contributed by atoms with van der Waals surface area (Å²) < 4.78 is 15.8. The number of carbonyl (C=O) groups is 3. The lowest BCUT2D eigenvalue weighted by molar-refractivity contribution is -0.125. The van der Waals surface area contributed by atoms with Gasteiger partial charge in [-0.2, -0.15) is 0 Å². The number of hydrogen-bond acceptors (Lipinski definition) is 6. The number of nitrogens with one attached hydrogen (secondary N) is 2. The van der Waals surface area contributed by atoms with E-state index < -0.39 is 0 Å². The van der Waals surface area contributed by atoms with Crippen molar-refractivity contribution in [3.8, 4) is 17.2 Å². The maximum atomic E-state index is 12.9. The van der Waals surface area contributed by atoms with Gasteiger partial charge in [0.1, 0.15) is 5.75 Å². The van der Waals surface area contributed by atoms with Gasteiger partial charge < -0.3 is 29.7 Å². The molecule has 0 bridgehead atoms. The molecule has 36 heavy (non-hydrogen) atoms. The topological polar surface area (TPSA) is 106 Å². The number of methoxy groups -OCH3 is 1. The van der Waals surface area contributed by atoms with E-state index in [2.05, 4.69) is 10.6 Å². The second kappa shape index (κ2) is 11.3. The van der Waals surface area contributed by atoms with Crippen LogP contribution in [0, 0.1) is 0 Å². The SMILES string of the molecule is COc1cccc(NC(=O)c2ccccc2N(C)C(=O)CCC(=O)NCc2ccc3c(c2)OCO3)c1. The zero-order chi connectivity index (χ0) is 25.5. The van der Waals surface area contributed by atoms with Crippen LogP contribution in [0.3, 0.4) is 0 Å². The number of carbonyl (C=O) groups excluding carboxylic acids is 3. The Bertz CT molecular complexity index is 1280. The molecule has 1 aliphatic heterocycles. The Hall–Kier alpha value is -4.53. The minimum atomic E-state index is -0.361. The zero-order valence-electron chi connectivity index (χ0n) is 20.1. The average Bonchev–Trinajstić information content (AvgIpc) is 3.38. The Balaban J connectivity index is 1.32. The number of hydrogen-bond donors (Lipinski definition) is 2. The third kappa shape index (κ3) is 5.93. The fourth-order valence-electron chi connectivity index (χ4n) is 3.72. The van der Waals surface area contributed by atoms with Crippen molar-refractivity contribution in [2.75, 3.05) is 31.2 Å². The summed E-state index contributed by atoms with van der Waals surface area (Å²) in [6, 6.07) is 19.3. The highest BCUT2D eigenvalue weighted by atomic mass is 16.7. The van der Waals surface area contributed by atoms with Crippen molar-refractivity contribution in [1.29, 1.82) is 0 Å². The molecule has 0 radical (unpaired) electrons. The van der Waals surface area contributed by atoms with Gasteiger partial charge in [-0.25, -0.2) is 0 Å². The molecule has 0 fully saturated rings. The van der Waals surface area contributed by atoms with Crippen molar-refractivity contribution < 1.29 is 28.6 Å². The molecule has 1 aliphatic rings. The molecule has 4 rings (SSSR count). The van der Waals surface area contributed by atoms with Gasteiger partial charge in [0.05, 0.1) is 18.4 Å². The molecule has 0 saturated heterocycles. The predicted molar refractivity (Wildman–Crippen MR) is 134 cm³/mol. The molecular formula is C27H27N3O6. The first kappa shape index (κ1) is 24.6. The molecule has 1 heterocycles. The molecule has 3 aromatic rings. The van der Waals surface area contributed by atoms with Crippen LogP contribution in [-0.4, -0.2) is 38.7 Å². The fraction of sp³-hybridized carbons (Fsp3) is 0.222. The fourth-order valence-corrected chi connectivity index (χ4v) is 3.72. The second-order valence-corrected chi connectivity index (χ2v) is 8.12. The molecule has 3 amide bonds. The van der Waals surface area contributed by atoms with Crippen LogP contribution in [0.1, 0.15) is 28.8 Å². The van der Waals surface area contributed by atoms with Gasteiger partial charge in [0.2, 0.25) is 18.6 Å². The molecule has 3 aromatic carbocycles. The molecule has 0 aromatic heterocycles. The van der Waals surface area contributed by atoms with E-state index in [0.717, 1.165) is 5.56 Å². The molecule has 0 unspecified atom stereocenters. The summed E-state index contributed by atoms with van der Waals surface area (Å²) in [5.74, 6) is 1.04. The molecule has 186 valence electrons. The van der Waals surface area contributed by atoms with Crippen molar-refractivity contribution in [3.05, 3.63) is 77.9 Å². The smallest absolute Gasteiger partial charge is 0.257 e. The largest absolute Gasteiger partial charge is 0.497 e. The molecule has 9 nitrogen and oxygen atoms in total. The Morgan fingerprint density at radius 3 is 2.58 bits per heavy atom. The number of para-hydroxylation sites is 1. The number of nitrogens with zero attached hydrogens (tertiary/aromatic N) is 1. The first-order chi connectivity index (χ1) is 17.4. The van der Waals surface area contributed by atoms with E-state index in [1.54, 1.807) is 68.8 Å². The van der Waals surface area contributed by atoms with Crippen LogP contribution < -0.4 is 29.7 Å². The van der Waals surface area contributed by atoms with E-state index in [1.807, 2.05) is 12.1 Å². The lowest BCUT2D eigenvalue weighted by Crippen LogP contribution is -2.30. The van der Waals surface area contributed by atoms with Crippen LogP contribution in [0.25, 0.3) is 0 Å². The standard InChI is InChI=1S/C27H27N3O6/c1-30(22-9-4-3-8-21(22)27(33)29-19-6-5-7-20(15-19)34-2)26(32)13-12-25(31)28-16-18-10-11-23-24(14-18)36-17-35-23/h3-11,14-15H,12-13,16-17H2,1-2H3,(H,28,31)(H,29,33). The highest BCUT2D eigenvalue weighted by Crippen LogP contribution is 2.32. The molecule has 0 atom stereocenters. The summed E-state index contributed by atoms with van der Waals surface area (Å²) in [6.45, 7) is 0.499. The van der Waals surface area contributed by atoms with Crippen molar-refractivity contribution in [2.45, 2.75) is 19.4 Å². The average molecular weight is 490 g/mol. The summed E-state index contributed by atoms with van der Waals surface area (Å²) in [4.78, 5) is 39.5. The monoisotopic (exact) mass is 489 g/mol. The summed E-state index contributed by atoms with van der Waals surface area (Å²) in [5.41, 5.74) is 2.22. The quantitative estimate of drug-likeness (QED) is 0.474. The number of anilines is 2. The highest BCUT2D eigenvalue weighted by molar-refractivity contribution is 6.10. The molecule has 0 aliphatic carbocycles. The van der Waals surface area contributed by atoms with Crippen molar-refractivity contribution in [1.82, 2.24) is 5.32 Å². The summed E-state index contributed by atoms with van der Waals surface area (Å²) in [7, 11) is 3.14. The summed E-state index contributed by atoms with van der Waals surface area (Å²) in [5, 5.41) is 5.64. The number of ether oxygens (including phenoxy) is 3. The molecule has 0 spiro atoms. The second-order valence-electron chi connectivity index (χ2n) is 8.12. The minimum absolute atomic E-state index is 0.00465. The van der Waals surface area contributed by atoms with E-state index >= 15 is 0 Å². The third-order valence-electron chi connectivity index (χ3n) is 5.70. The lowest BCUT2D eigenvalue weighted by Gasteiger charge is -2.20. The molecule has 2 N–H and O–H groups in total. The van der Waals surface area contributed by atoms with Gasteiger partial charge in [0.15, 0.2) is 11.5 Å². The van der Waals surface area contributed by atoms with Gasteiger partial charge in [-0.15, -0.1) is 0 Å². The van der Waals surface area contributed by atoms with Crippen LogP contribution in [-0.2, 0) is 16.1 Å². The van der Waals surface area contributed by atoms with E-state index in [9.17, 15) is 14.4 Å². The number of fused-ring (bicyclic) bond motifs is 1. The van der Waals surface area contributed by atoms with Crippen molar-refractivity contribution >= 4 is 29.1 Å².